The third-order valence-corrected chi connectivity index (χ3v) is 17.5. The van der Waals surface area contributed by atoms with Gasteiger partial charge in [-0.3, -0.25) is 9.59 Å². The minimum absolute atomic E-state index is 0.138. The second kappa shape index (κ2) is 24.1. The highest BCUT2D eigenvalue weighted by Crippen LogP contribution is 2.38. The molecule has 0 bridgehead atoms. The van der Waals surface area contributed by atoms with Crippen LogP contribution in [0.2, 0.25) is 0 Å². The topological polar surface area (TPSA) is 121 Å². The maximum Gasteiger partial charge on any atom is 0.251 e. The van der Waals surface area contributed by atoms with Crippen LogP contribution in [0.4, 0.5) is 0 Å². The Balaban J connectivity index is 0.890. The average molecular weight is 1210 g/mol. The first-order valence-corrected chi connectivity index (χ1v) is 31.9. The van der Waals surface area contributed by atoms with Crippen LogP contribution in [-0.2, 0) is 21.7 Å². The van der Waals surface area contributed by atoms with Crippen LogP contribution in [0, 0.1) is 35.5 Å². The Kier molecular flexibility index (Phi) is 16.1. The number of carbonyl (C=O) groups is 2. The highest BCUT2D eigenvalue weighted by molar-refractivity contribution is 5.99. The fourth-order valence-electron chi connectivity index (χ4n) is 11.8. The quantitative estimate of drug-likeness (QED) is 0.0850. The van der Waals surface area contributed by atoms with Crippen molar-refractivity contribution in [3.05, 3.63) is 260 Å². The molecular weight excluding hydrogens is 1120 g/mol. The summed E-state index contributed by atoms with van der Waals surface area (Å²) < 4.78 is 0. The molecule has 0 radical (unpaired) electrons. The SMILES string of the molecule is C[C@H](NC(=O)c1cccc(C#Cc2cc(C(C)(C)C)cc3cc(-c4cc5cc(C(C)(C)C)cc(C#Cc6cc(C(C)(C)C)cc7cc(-c8cc9cc(C(C)(C)C)cc(C#Cc%10cccc(C(=O)N[C@@H](C)c%11ccccc%11)c%10)c9[nH]8)[nH]c67)c5[nH]4)[nH]c23)c1)c1ccccc1. The zero-order valence-corrected chi connectivity index (χ0v) is 55.3. The number of benzene rings is 8. The van der Waals surface area contributed by atoms with Gasteiger partial charge in [0.05, 0.1) is 56.9 Å². The molecule has 6 N–H and O–H groups in total. The van der Waals surface area contributed by atoms with Crippen molar-refractivity contribution in [2.45, 2.75) is 131 Å². The molecule has 0 aliphatic carbocycles. The van der Waals surface area contributed by atoms with Crippen molar-refractivity contribution in [2.24, 2.45) is 0 Å². The number of amides is 2. The molecule has 0 aliphatic heterocycles. The lowest BCUT2D eigenvalue weighted by Gasteiger charge is -2.20. The minimum atomic E-state index is -0.151. The molecule has 8 heteroatoms. The summed E-state index contributed by atoms with van der Waals surface area (Å²) >= 11 is 0. The lowest BCUT2D eigenvalue weighted by Crippen LogP contribution is -2.26. The Labute approximate surface area is 541 Å². The predicted octanol–water partition coefficient (Wildman–Crippen LogP) is 19.3. The van der Waals surface area contributed by atoms with E-state index in [1.54, 1.807) is 0 Å². The zero-order valence-electron chi connectivity index (χ0n) is 55.3. The summed E-state index contributed by atoms with van der Waals surface area (Å²) in [6, 6.07) is 61.6. The normalized spacial score (nSPS) is 12.6. The summed E-state index contributed by atoms with van der Waals surface area (Å²) in [5.74, 6) is 21.0. The van der Waals surface area contributed by atoms with E-state index in [1.165, 1.54) is 22.3 Å². The standard InChI is InChI=1S/C84H80N6O2/c1-51(55-25-17-15-18-26-55)85-79(91)61-29-21-23-53(37-61)31-33-57-39-67(81(3,4)5)43-63-47-71(87-75(57)63)73-49-65-45-69(83(9,10)11)41-59(77(65)89-73)35-36-60-42-70(84(12,13)14)46-66-50-74(90-78(60)66)72-48-64-44-68(82(6,7)8)40-58(76(64)88-72)34-32-54-24-22-30-62(38-54)80(92)86-52(2)56-27-19-16-20-28-56/h15-30,37-52,87-90H,1-14H3,(H,85,91)(H,86,92)/t51-,52-/m0/s1. The lowest BCUT2D eigenvalue weighted by molar-refractivity contribution is 0.0931. The van der Waals surface area contributed by atoms with E-state index >= 15 is 0 Å². The summed E-state index contributed by atoms with van der Waals surface area (Å²) in [6.07, 6.45) is 0. The molecule has 92 heavy (non-hydrogen) atoms. The molecule has 0 spiro atoms. The Morgan fingerprint density at radius 3 is 0.870 bits per heavy atom. The van der Waals surface area contributed by atoms with Gasteiger partial charge in [-0.05, 0) is 178 Å². The van der Waals surface area contributed by atoms with Crippen molar-refractivity contribution in [3.8, 4) is 58.3 Å². The summed E-state index contributed by atoms with van der Waals surface area (Å²) in [5.41, 5.74) is 20.0. The minimum Gasteiger partial charge on any atom is -0.352 e. The van der Waals surface area contributed by atoms with Gasteiger partial charge in [0.1, 0.15) is 0 Å². The fraction of sp³-hybridized carbons (Fsp3) is 0.238. The van der Waals surface area contributed by atoms with Crippen molar-refractivity contribution in [2.75, 3.05) is 0 Å². The van der Waals surface area contributed by atoms with Gasteiger partial charge in [-0.25, -0.2) is 0 Å². The van der Waals surface area contributed by atoms with E-state index in [2.05, 4.69) is 222 Å². The van der Waals surface area contributed by atoms with Crippen LogP contribution in [0.25, 0.3) is 66.4 Å². The van der Waals surface area contributed by atoms with E-state index < -0.39 is 0 Å². The van der Waals surface area contributed by atoms with Crippen molar-refractivity contribution in [1.29, 1.82) is 0 Å². The number of rotatable bonds is 8. The van der Waals surface area contributed by atoms with Crippen LogP contribution < -0.4 is 10.6 Å². The van der Waals surface area contributed by atoms with Gasteiger partial charge in [-0.15, -0.1) is 0 Å². The highest BCUT2D eigenvalue weighted by atomic mass is 16.2. The van der Waals surface area contributed by atoms with E-state index in [-0.39, 0.29) is 45.6 Å². The molecule has 4 aromatic heterocycles. The van der Waals surface area contributed by atoms with Crippen LogP contribution in [0.3, 0.4) is 0 Å². The molecule has 12 rings (SSSR count). The number of H-pyrrole nitrogens is 4. The second-order valence-electron chi connectivity index (χ2n) is 28.8. The van der Waals surface area contributed by atoms with Gasteiger partial charge in [0.25, 0.3) is 11.8 Å². The van der Waals surface area contributed by atoms with Gasteiger partial charge >= 0.3 is 0 Å². The Bertz CT molecular complexity index is 4740. The third-order valence-electron chi connectivity index (χ3n) is 17.5. The van der Waals surface area contributed by atoms with Crippen LogP contribution >= 0.6 is 0 Å². The summed E-state index contributed by atoms with van der Waals surface area (Å²) in [5, 5.41) is 10.6. The molecule has 12 aromatic rings. The van der Waals surface area contributed by atoms with Crippen LogP contribution in [-0.4, -0.2) is 31.8 Å². The number of fused-ring (bicyclic) bond motifs is 4. The van der Waals surface area contributed by atoms with E-state index in [0.29, 0.717) is 11.1 Å². The van der Waals surface area contributed by atoms with Gasteiger partial charge in [0.15, 0.2) is 0 Å². The van der Waals surface area contributed by atoms with Crippen LogP contribution in [0.15, 0.2) is 182 Å². The first-order chi connectivity index (χ1) is 43.7. The first kappa shape index (κ1) is 61.8. The van der Waals surface area contributed by atoms with Crippen molar-refractivity contribution < 1.29 is 9.59 Å². The fourth-order valence-corrected chi connectivity index (χ4v) is 11.8. The molecular formula is C84H80N6O2. The Morgan fingerprint density at radius 2 is 0.598 bits per heavy atom. The highest BCUT2D eigenvalue weighted by Gasteiger charge is 2.24. The molecule has 2 amide bonds. The summed E-state index contributed by atoms with van der Waals surface area (Å²) in [7, 11) is 0. The van der Waals surface area contributed by atoms with Crippen molar-refractivity contribution in [3.63, 3.8) is 0 Å². The number of carbonyl (C=O) groups excluding carboxylic acids is 2. The number of hydrogen-bond acceptors (Lipinski definition) is 2. The van der Waals surface area contributed by atoms with Crippen molar-refractivity contribution in [1.82, 2.24) is 30.6 Å². The number of aromatic nitrogens is 4. The molecule has 2 atom stereocenters. The monoisotopic (exact) mass is 1200 g/mol. The molecule has 0 unspecified atom stereocenters. The molecule has 0 fully saturated rings. The summed E-state index contributed by atoms with van der Waals surface area (Å²) in [6.45, 7) is 30.8. The number of aromatic amines is 4. The zero-order chi connectivity index (χ0) is 65.0. The maximum absolute atomic E-state index is 13.5. The van der Waals surface area contributed by atoms with E-state index in [9.17, 15) is 9.59 Å². The smallest absolute Gasteiger partial charge is 0.251 e. The third kappa shape index (κ3) is 13.2. The predicted molar refractivity (Wildman–Crippen MR) is 381 cm³/mol. The van der Waals surface area contributed by atoms with Crippen LogP contribution in [0.1, 0.15) is 196 Å². The van der Waals surface area contributed by atoms with E-state index in [4.69, 9.17) is 0 Å². The lowest BCUT2D eigenvalue weighted by atomic mass is 9.85. The number of nitrogens with one attached hydrogen (secondary N) is 6. The molecule has 0 saturated carbocycles. The van der Waals surface area contributed by atoms with Gasteiger partial charge in [-0.2, -0.15) is 0 Å². The van der Waals surface area contributed by atoms with Gasteiger partial charge in [0, 0.05) is 66.1 Å². The number of hydrogen-bond donors (Lipinski definition) is 6. The van der Waals surface area contributed by atoms with E-state index in [0.717, 1.165) is 111 Å². The van der Waals surface area contributed by atoms with Gasteiger partial charge in [-0.1, -0.05) is 191 Å². The summed E-state index contributed by atoms with van der Waals surface area (Å²) in [4.78, 5) is 42.2. The molecule has 8 nitrogen and oxygen atoms in total. The Morgan fingerprint density at radius 1 is 0.326 bits per heavy atom. The van der Waals surface area contributed by atoms with Crippen molar-refractivity contribution >= 4 is 55.4 Å². The van der Waals surface area contributed by atoms with Gasteiger partial charge < -0.3 is 30.6 Å². The average Bonchev–Trinajstić information content (AvgIpc) is 1.61. The first-order valence-electron chi connectivity index (χ1n) is 31.9. The van der Waals surface area contributed by atoms with Crippen LogP contribution in [0.5, 0.6) is 0 Å². The largest absolute Gasteiger partial charge is 0.352 e. The van der Waals surface area contributed by atoms with E-state index in [1.807, 2.05) is 123 Å². The Hall–Kier alpha value is -10.5. The molecule has 458 valence electrons. The van der Waals surface area contributed by atoms with Gasteiger partial charge in [0.2, 0.25) is 0 Å². The molecule has 4 heterocycles. The molecule has 0 saturated heterocycles. The molecule has 8 aromatic carbocycles. The second-order valence-corrected chi connectivity index (χ2v) is 28.8. The maximum atomic E-state index is 13.5. The molecule has 0 aliphatic rings.